The van der Waals surface area contributed by atoms with Gasteiger partial charge >= 0.3 is 0 Å². The summed E-state index contributed by atoms with van der Waals surface area (Å²) in [6.45, 7) is 5.66. The van der Waals surface area contributed by atoms with Gasteiger partial charge < -0.3 is 10.2 Å². The van der Waals surface area contributed by atoms with E-state index in [1.807, 2.05) is 19.3 Å². The van der Waals surface area contributed by atoms with Crippen molar-refractivity contribution < 1.29 is 0 Å². The molecule has 0 saturated carbocycles. The third-order valence-corrected chi connectivity index (χ3v) is 4.60. The molecule has 0 aromatic rings. The van der Waals surface area contributed by atoms with Gasteiger partial charge in [0.1, 0.15) is 0 Å². The third-order valence-electron chi connectivity index (χ3n) is 4.60. The largest absolute Gasteiger partial charge is 0.367 e. The maximum Gasteiger partial charge on any atom is 0.0561 e. The first-order valence-corrected chi connectivity index (χ1v) is 7.51. The second kappa shape index (κ2) is 6.90. The molecule has 0 amide bonds. The number of allylic oxidation sites excluding steroid dienone is 1. The van der Waals surface area contributed by atoms with Crippen LogP contribution in [0.25, 0.3) is 0 Å². The zero-order valence-electron chi connectivity index (χ0n) is 12.3. The first-order valence-electron chi connectivity index (χ1n) is 7.51. The predicted molar refractivity (Wildman–Crippen MR) is 82.1 cm³/mol. The second-order valence-corrected chi connectivity index (χ2v) is 5.84. The van der Waals surface area contributed by atoms with E-state index >= 15 is 0 Å². The summed E-state index contributed by atoms with van der Waals surface area (Å²) < 4.78 is 0. The van der Waals surface area contributed by atoms with Gasteiger partial charge in [-0.05, 0) is 58.2 Å². The Labute approximate surface area is 117 Å². The van der Waals surface area contributed by atoms with E-state index in [1.54, 1.807) is 6.20 Å². The Bertz CT molecular complexity index is 345. The van der Waals surface area contributed by atoms with Crippen LogP contribution in [0.4, 0.5) is 0 Å². The molecular weight excluding hydrogens is 234 g/mol. The van der Waals surface area contributed by atoms with Crippen LogP contribution < -0.4 is 5.32 Å². The topological polar surface area (TPSA) is 27.6 Å². The standard InChI is InChI=1S/C16H27N3/c1-4-17-12-14(18-5-2)9-13-10-15-7-6-8-16(11-13)19(15)3/h4-5,12-13,15-17H,1,6-11H2,2-3H3/b14-12-,18-5?. The molecule has 0 spiro atoms. The number of aliphatic imine (C=N–C) groups is 1. The van der Waals surface area contributed by atoms with Crippen molar-refractivity contribution in [3.05, 3.63) is 24.7 Å². The Hall–Kier alpha value is -1.09. The number of hydrogen-bond donors (Lipinski definition) is 1. The first kappa shape index (κ1) is 14.3. The molecule has 3 heteroatoms. The van der Waals surface area contributed by atoms with Crippen molar-refractivity contribution in [2.75, 3.05) is 7.05 Å². The van der Waals surface area contributed by atoms with Gasteiger partial charge in [0, 0.05) is 24.5 Å². The summed E-state index contributed by atoms with van der Waals surface area (Å²) >= 11 is 0. The van der Waals surface area contributed by atoms with Gasteiger partial charge in [0.25, 0.3) is 0 Å². The molecule has 106 valence electrons. The average Bonchev–Trinajstić information content (AvgIpc) is 2.37. The summed E-state index contributed by atoms with van der Waals surface area (Å²) in [5.74, 6) is 0.785. The molecule has 0 aliphatic carbocycles. The van der Waals surface area contributed by atoms with Crippen LogP contribution in [-0.4, -0.2) is 30.2 Å². The number of rotatable bonds is 5. The highest BCUT2D eigenvalue weighted by Crippen LogP contribution is 2.38. The van der Waals surface area contributed by atoms with Crippen LogP contribution in [0.3, 0.4) is 0 Å². The van der Waals surface area contributed by atoms with Gasteiger partial charge in [0.2, 0.25) is 0 Å². The Morgan fingerprint density at radius 2 is 2.05 bits per heavy atom. The Morgan fingerprint density at radius 3 is 2.63 bits per heavy atom. The van der Waals surface area contributed by atoms with E-state index in [9.17, 15) is 0 Å². The van der Waals surface area contributed by atoms with E-state index in [4.69, 9.17) is 0 Å². The summed E-state index contributed by atoms with van der Waals surface area (Å²) in [5, 5.41) is 3.06. The smallest absolute Gasteiger partial charge is 0.0561 e. The highest BCUT2D eigenvalue weighted by molar-refractivity contribution is 5.55. The van der Waals surface area contributed by atoms with Crippen molar-refractivity contribution >= 4 is 6.21 Å². The fourth-order valence-corrected chi connectivity index (χ4v) is 3.66. The van der Waals surface area contributed by atoms with Crippen molar-refractivity contribution in [1.82, 2.24) is 10.2 Å². The lowest BCUT2D eigenvalue weighted by atomic mass is 9.77. The van der Waals surface area contributed by atoms with Crippen molar-refractivity contribution in [3.8, 4) is 0 Å². The second-order valence-electron chi connectivity index (χ2n) is 5.84. The molecule has 2 fully saturated rings. The van der Waals surface area contributed by atoms with Gasteiger partial charge in [-0.25, -0.2) is 0 Å². The van der Waals surface area contributed by atoms with Crippen LogP contribution in [0, 0.1) is 5.92 Å². The summed E-state index contributed by atoms with van der Waals surface area (Å²) in [6, 6.07) is 1.61. The zero-order chi connectivity index (χ0) is 13.7. The molecule has 3 nitrogen and oxygen atoms in total. The summed E-state index contributed by atoms with van der Waals surface area (Å²) in [7, 11) is 2.31. The van der Waals surface area contributed by atoms with Crippen molar-refractivity contribution in [2.24, 2.45) is 10.9 Å². The molecule has 2 atom stereocenters. The van der Waals surface area contributed by atoms with Crippen LogP contribution in [0.15, 0.2) is 29.7 Å². The summed E-state index contributed by atoms with van der Waals surface area (Å²) in [5.41, 5.74) is 1.15. The number of nitrogens with one attached hydrogen (secondary N) is 1. The summed E-state index contributed by atoms with van der Waals surface area (Å²) in [4.78, 5) is 7.10. The predicted octanol–water partition coefficient (Wildman–Crippen LogP) is 3.30. The van der Waals surface area contributed by atoms with Crippen LogP contribution in [0.2, 0.25) is 0 Å². The molecule has 0 aromatic heterocycles. The van der Waals surface area contributed by atoms with Crippen LogP contribution in [-0.2, 0) is 0 Å². The maximum absolute atomic E-state index is 4.48. The fraction of sp³-hybridized carbons (Fsp3) is 0.688. The lowest BCUT2D eigenvalue weighted by Crippen LogP contribution is -2.49. The van der Waals surface area contributed by atoms with Gasteiger partial charge in [0.05, 0.1) is 5.70 Å². The minimum atomic E-state index is 0.785. The van der Waals surface area contributed by atoms with E-state index in [0.29, 0.717) is 0 Å². The number of hydrogen-bond acceptors (Lipinski definition) is 3. The van der Waals surface area contributed by atoms with Gasteiger partial charge in [0.15, 0.2) is 0 Å². The molecule has 2 rings (SSSR count). The number of nitrogens with zero attached hydrogens (tertiary/aromatic N) is 2. The highest BCUT2D eigenvalue weighted by atomic mass is 15.2. The summed E-state index contributed by atoms with van der Waals surface area (Å²) in [6.07, 6.45) is 13.5. The fourth-order valence-electron chi connectivity index (χ4n) is 3.66. The van der Waals surface area contributed by atoms with E-state index in [-0.39, 0.29) is 0 Å². The van der Waals surface area contributed by atoms with Gasteiger partial charge in [-0.1, -0.05) is 13.0 Å². The van der Waals surface area contributed by atoms with E-state index in [0.717, 1.165) is 30.1 Å². The lowest BCUT2D eigenvalue weighted by molar-refractivity contribution is 0.0366. The molecule has 0 radical (unpaired) electrons. The Balaban J connectivity index is 1.96. The molecule has 0 aromatic carbocycles. The molecule has 2 aliphatic heterocycles. The normalized spacial score (nSPS) is 32.5. The molecule has 2 aliphatic rings. The quantitative estimate of drug-likeness (QED) is 0.769. The average molecular weight is 261 g/mol. The van der Waals surface area contributed by atoms with Crippen molar-refractivity contribution in [3.63, 3.8) is 0 Å². The third kappa shape index (κ3) is 3.69. The minimum Gasteiger partial charge on any atom is -0.367 e. The highest BCUT2D eigenvalue weighted by Gasteiger charge is 2.35. The molecule has 2 heterocycles. The Morgan fingerprint density at radius 1 is 1.37 bits per heavy atom. The molecule has 2 bridgehead atoms. The molecule has 2 unspecified atom stereocenters. The number of piperidine rings is 2. The molecular formula is C16H27N3. The van der Waals surface area contributed by atoms with Crippen molar-refractivity contribution in [1.29, 1.82) is 0 Å². The van der Waals surface area contributed by atoms with Gasteiger partial charge in [-0.15, -0.1) is 0 Å². The molecule has 19 heavy (non-hydrogen) atoms. The zero-order valence-corrected chi connectivity index (χ0v) is 12.3. The van der Waals surface area contributed by atoms with E-state index < -0.39 is 0 Å². The lowest BCUT2D eigenvalue weighted by Gasteiger charge is -2.47. The maximum atomic E-state index is 4.48. The van der Waals surface area contributed by atoms with Crippen molar-refractivity contribution in [2.45, 2.75) is 57.5 Å². The SMILES string of the molecule is C=CN/C=C(/CC1CC2CCCC(C1)N2C)N=CC. The molecule has 2 saturated heterocycles. The first-order chi connectivity index (χ1) is 9.24. The van der Waals surface area contributed by atoms with Crippen LogP contribution in [0.5, 0.6) is 0 Å². The van der Waals surface area contributed by atoms with Gasteiger partial charge in [-0.2, -0.15) is 0 Å². The Kier molecular flexibility index (Phi) is 5.20. The number of fused-ring (bicyclic) bond motifs is 2. The molecule has 1 N–H and O–H groups in total. The van der Waals surface area contributed by atoms with Crippen LogP contribution in [0.1, 0.15) is 45.4 Å². The monoisotopic (exact) mass is 261 g/mol. The van der Waals surface area contributed by atoms with Gasteiger partial charge in [-0.3, -0.25) is 4.99 Å². The van der Waals surface area contributed by atoms with E-state index in [2.05, 4.69) is 28.8 Å². The van der Waals surface area contributed by atoms with E-state index in [1.165, 1.54) is 32.1 Å². The van der Waals surface area contributed by atoms with Crippen LogP contribution >= 0.6 is 0 Å². The minimum absolute atomic E-state index is 0.785.